The van der Waals surface area contributed by atoms with Crippen molar-refractivity contribution in [2.24, 2.45) is 20.5 Å². The zero-order chi connectivity index (χ0) is 94.9. The summed E-state index contributed by atoms with van der Waals surface area (Å²) in [5.41, 5.74) is 0.431. The molecule has 6 rings (SSSR count). The van der Waals surface area contributed by atoms with Gasteiger partial charge in [-0.15, -0.1) is 28.2 Å². The Balaban J connectivity index is 0.999. The molecular formula is C125H20N6O4. The summed E-state index contributed by atoms with van der Waals surface area (Å²) in [6, 6.07) is 29.0. The van der Waals surface area contributed by atoms with Gasteiger partial charge in [0.15, 0.2) is 0 Å². The molecule has 135 heavy (non-hydrogen) atoms. The Morgan fingerprint density at radius 1 is 0.200 bits per heavy atom. The van der Waals surface area contributed by atoms with E-state index in [9.17, 15) is 9.59 Å². The zero-order valence-corrected chi connectivity index (χ0v) is 68.3. The smallest absolute Gasteiger partial charge is 0.367 e. The van der Waals surface area contributed by atoms with Gasteiger partial charge in [-0.2, -0.15) is 5.11 Å². The van der Waals surface area contributed by atoms with Crippen LogP contribution in [0.2, 0.25) is 0 Å². The topological polar surface area (TPSA) is 126 Å². The second kappa shape index (κ2) is 68.2. The van der Waals surface area contributed by atoms with Crippen molar-refractivity contribution in [3.8, 4) is 570 Å². The molecule has 2 N–H and O–H groups in total. The minimum Gasteiger partial charge on any atom is -0.367 e. The molecule has 0 radical (unpaired) electrons. The molecule has 10 nitrogen and oxygen atoms in total. The van der Waals surface area contributed by atoms with Crippen molar-refractivity contribution in [3.05, 3.63) is 97.1 Å². The number of anilines is 2. The van der Waals surface area contributed by atoms with Gasteiger partial charge < -0.3 is 20.1 Å². The fourth-order valence-corrected chi connectivity index (χ4v) is 7.67. The molecular weight excluding hydrogens is 1650 g/mol. The van der Waals surface area contributed by atoms with E-state index in [0.717, 1.165) is 10.8 Å². The van der Waals surface area contributed by atoms with Crippen LogP contribution in [0.25, 0.3) is 21.5 Å². The van der Waals surface area contributed by atoms with E-state index in [0.29, 0.717) is 44.9 Å². The van der Waals surface area contributed by atoms with Crippen molar-refractivity contribution in [3.63, 3.8) is 0 Å². The molecule has 0 saturated carbocycles. The van der Waals surface area contributed by atoms with Crippen LogP contribution in [-0.4, -0.2) is 17.6 Å². The lowest BCUT2D eigenvalue weighted by Gasteiger charge is -2.35. The summed E-state index contributed by atoms with van der Waals surface area (Å²) in [4.78, 5) is 28.3. The van der Waals surface area contributed by atoms with Crippen LogP contribution in [0, 0.1) is 570 Å². The fraction of sp³-hybridized carbons (Fsp3) is 0.00800. The van der Waals surface area contributed by atoms with E-state index in [-0.39, 0.29) is 0 Å². The van der Waals surface area contributed by atoms with E-state index in [4.69, 9.17) is 22.3 Å². The SMILES string of the molecule is C#CC#CC#CC#CC#CC#CC#CC#CC#CC#CC#CC#CC#CC#CC#CC#CC#CC#CC#CC#CC#CC#CC#CC#COC(=O)C1(C(=O)OC#CC#CC#CC#CC#CC#CC#CC#CC#CC#CC#CC#CC#CC#CC#CC#CC#CC#CC#CC#CC#CC#CC#CC#C)Nc2cccc3c(N=Nc4ccc(N=Nc5ccccc5)c5ccccc45)ccc(c23)N1. The molecule has 0 aliphatic carbocycles. The molecule has 0 unspecified atom stereocenters. The van der Waals surface area contributed by atoms with E-state index >= 15 is 0 Å². The van der Waals surface area contributed by atoms with Gasteiger partial charge in [0.05, 0.1) is 22.7 Å². The standard InChI is InChI=1S/C125H20N6O4/c1-3-5-7-9-11-13-15-17-19-21-23-25-27-29-31-33-35-37-39-41-43-45-47-49-51-53-55-57-59-61-63-65-67-69-71-73-75-77-79-81-83-85-87-89-91-98-111-134-123(132)125(126-120-106-100-105-116-119(109-110-121(127-125)122(116)120)131-130-118-108-107-117(114-103-96-97-104-115(114)118)129-128-113-101-94-93-95-102-113)124(133)135-112-99-92-90-88-86-84-82-80-78-76-74-72-70-68-66-64-62-60-58-56-54-52-50-48-46-44-42-40-38-36-34-32-30-28-26-24-22-20-18-16-14-12-10-8-6-4-2/h1-2,93-97,100-110,126-127H. The summed E-state index contributed by atoms with van der Waals surface area (Å²) < 4.78 is 10.6. The lowest BCUT2D eigenvalue weighted by atomic mass is 9.98. The molecule has 5 aromatic carbocycles. The Morgan fingerprint density at radius 2 is 0.385 bits per heavy atom. The minimum atomic E-state index is -2.49. The highest BCUT2D eigenvalue weighted by atomic mass is 16.6. The summed E-state index contributed by atoms with van der Waals surface area (Å²) in [6.07, 6.45) is 14.3. The molecule has 0 bridgehead atoms. The van der Waals surface area contributed by atoms with Gasteiger partial charge in [0.1, 0.15) is 12.2 Å². The van der Waals surface area contributed by atoms with Crippen LogP contribution in [-0.2, 0) is 19.1 Å². The van der Waals surface area contributed by atoms with Crippen LogP contribution in [0.5, 0.6) is 0 Å². The lowest BCUT2D eigenvalue weighted by molar-refractivity contribution is -0.153. The number of azo groups is 2. The van der Waals surface area contributed by atoms with Crippen molar-refractivity contribution in [2.75, 3.05) is 10.6 Å². The Hall–Kier alpha value is -26.8. The average molecular weight is 1670 g/mol. The van der Waals surface area contributed by atoms with Crippen LogP contribution < -0.4 is 10.6 Å². The lowest BCUT2D eigenvalue weighted by Crippen LogP contribution is -2.61. The number of terminal acetylenes is 2. The highest BCUT2D eigenvalue weighted by Gasteiger charge is 2.53. The van der Waals surface area contributed by atoms with Crippen LogP contribution in [0.4, 0.5) is 34.1 Å². The number of nitrogens with one attached hydrogen (secondary N) is 2. The van der Waals surface area contributed by atoms with Crippen molar-refractivity contribution < 1.29 is 19.1 Å². The maximum Gasteiger partial charge on any atom is 0.379 e. The first-order valence-electron chi connectivity index (χ1n) is 35.9. The molecule has 1 aliphatic heterocycles. The Kier molecular flexibility index (Phi) is 49.0. The molecule has 0 atom stereocenters. The number of fused-ring (bicyclic) bond motifs is 1. The molecule has 5 aromatic rings. The van der Waals surface area contributed by atoms with Gasteiger partial charge >= 0.3 is 17.6 Å². The molecule has 1 aliphatic rings. The molecule has 0 amide bonds. The van der Waals surface area contributed by atoms with Gasteiger partial charge in [-0.25, -0.2) is 9.59 Å². The van der Waals surface area contributed by atoms with Gasteiger partial charge in [0.2, 0.25) is 0 Å². The normalized spacial score (nSPS) is 6.92. The molecule has 0 aromatic heterocycles. The molecule has 0 fully saturated rings. The predicted molar refractivity (Wildman–Crippen MR) is 520 cm³/mol. The van der Waals surface area contributed by atoms with Gasteiger partial charge in [0, 0.05) is 483 Å². The Bertz CT molecular complexity index is 9100. The first-order valence-corrected chi connectivity index (χ1v) is 35.9. The summed E-state index contributed by atoms with van der Waals surface area (Å²) in [5, 5.41) is 26.8. The van der Waals surface area contributed by atoms with Crippen molar-refractivity contribution in [1.82, 2.24) is 0 Å². The predicted octanol–water partition coefficient (Wildman–Crippen LogP) is 7.78. The number of carbonyl (C=O) groups excluding carboxylic acids is 2. The third-order valence-electron chi connectivity index (χ3n) is 12.5. The molecule has 0 spiro atoms. The zero-order valence-electron chi connectivity index (χ0n) is 68.3. The quantitative estimate of drug-likeness (QED) is 0.0775. The number of nitrogens with zero attached hydrogens (tertiary/aromatic N) is 4. The Morgan fingerprint density at radius 3 is 0.622 bits per heavy atom. The van der Waals surface area contributed by atoms with E-state index in [1.165, 1.54) is 0 Å². The fourth-order valence-electron chi connectivity index (χ4n) is 7.67. The summed E-state index contributed by atoms with van der Waals surface area (Å²) in [5.74, 6) is 225. The molecule has 0 saturated heterocycles. The highest BCUT2D eigenvalue weighted by Crippen LogP contribution is 2.43. The van der Waals surface area contributed by atoms with Crippen molar-refractivity contribution in [2.45, 2.75) is 5.66 Å². The van der Waals surface area contributed by atoms with E-state index in [1.807, 2.05) is 60.7 Å². The van der Waals surface area contributed by atoms with Crippen molar-refractivity contribution >= 4 is 67.6 Å². The average Bonchev–Trinajstić information content (AvgIpc) is 0.733. The minimum absolute atomic E-state index is 0.291. The number of ether oxygens (including phenoxy) is 2. The van der Waals surface area contributed by atoms with Gasteiger partial charge in [-0.3, -0.25) is 0 Å². The van der Waals surface area contributed by atoms with Crippen LogP contribution in [0.3, 0.4) is 0 Å². The van der Waals surface area contributed by atoms with E-state index in [1.54, 1.807) is 36.4 Å². The van der Waals surface area contributed by atoms with Crippen LogP contribution in [0.1, 0.15) is 0 Å². The van der Waals surface area contributed by atoms with Crippen LogP contribution >= 0.6 is 0 Å². The maximum absolute atomic E-state index is 14.2. The second-order valence-electron chi connectivity index (χ2n) is 20.8. The monoisotopic (exact) mass is 1670 g/mol. The van der Waals surface area contributed by atoms with Gasteiger partial charge in [-0.1, -0.05) is 54.6 Å². The number of hydrogen-bond acceptors (Lipinski definition) is 10. The van der Waals surface area contributed by atoms with Crippen molar-refractivity contribution in [1.29, 1.82) is 0 Å². The molecule has 10 heteroatoms. The van der Waals surface area contributed by atoms with E-state index < -0.39 is 17.6 Å². The largest absolute Gasteiger partial charge is 0.379 e. The summed E-state index contributed by atoms with van der Waals surface area (Å²) in [6.45, 7) is 0. The molecule has 1 heterocycles. The number of carbonyl (C=O) groups is 2. The second-order valence-corrected chi connectivity index (χ2v) is 20.8. The highest BCUT2D eigenvalue weighted by molar-refractivity contribution is 6.19. The van der Waals surface area contributed by atoms with Gasteiger partial charge in [-0.05, 0) is 137 Å². The number of benzene rings is 5. The Labute approximate surface area is 785 Å². The third kappa shape index (κ3) is 45.1. The number of rotatable bonds is 6. The van der Waals surface area contributed by atoms with E-state index in [2.05, 4.69) is 588 Å². The van der Waals surface area contributed by atoms with Crippen LogP contribution in [0.15, 0.2) is 118 Å². The first-order chi connectivity index (χ1) is 67.0. The first kappa shape index (κ1) is 97.1. The van der Waals surface area contributed by atoms with Gasteiger partial charge in [0.25, 0.3) is 0 Å². The third-order valence-corrected chi connectivity index (χ3v) is 12.5. The number of esters is 2. The maximum atomic E-state index is 14.2. The summed E-state index contributed by atoms with van der Waals surface area (Å²) >= 11 is 0. The number of hydrogen-bond donors (Lipinski definition) is 2. The summed E-state index contributed by atoms with van der Waals surface area (Å²) in [7, 11) is 0. The molecule has 574 valence electrons.